The van der Waals surface area contributed by atoms with E-state index in [0.29, 0.717) is 12.2 Å². The van der Waals surface area contributed by atoms with Crippen molar-refractivity contribution in [1.29, 1.82) is 0 Å². The predicted octanol–water partition coefficient (Wildman–Crippen LogP) is 0.955. The number of amides is 1. The molecule has 0 unspecified atom stereocenters. The third-order valence-corrected chi connectivity index (χ3v) is 5.55. The number of thiophene rings is 1. The van der Waals surface area contributed by atoms with Gasteiger partial charge in [0.2, 0.25) is 5.91 Å². The lowest BCUT2D eigenvalue weighted by molar-refractivity contribution is -0.118. The normalized spacial score (nSPS) is 11.4. The van der Waals surface area contributed by atoms with Gasteiger partial charge in [-0.1, -0.05) is 24.3 Å². The highest BCUT2D eigenvalue weighted by molar-refractivity contribution is 7.91. The molecule has 3 rings (SSSR count). The van der Waals surface area contributed by atoms with Crippen molar-refractivity contribution < 1.29 is 13.2 Å². The van der Waals surface area contributed by atoms with Crippen LogP contribution in [0.15, 0.2) is 47.8 Å². The van der Waals surface area contributed by atoms with Crippen molar-refractivity contribution in [2.75, 3.05) is 5.75 Å². The van der Waals surface area contributed by atoms with Gasteiger partial charge in [-0.2, -0.15) is 4.68 Å². The van der Waals surface area contributed by atoms with Gasteiger partial charge in [0.15, 0.2) is 15.7 Å². The summed E-state index contributed by atoms with van der Waals surface area (Å²) in [6, 6.07) is 12.7. The minimum absolute atomic E-state index is 0.164. The van der Waals surface area contributed by atoms with Gasteiger partial charge >= 0.3 is 0 Å². The first kappa shape index (κ1) is 17.2. The average molecular weight is 377 g/mol. The van der Waals surface area contributed by atoms with Gasteiger partial charge in [0, 0.05) is 4.88 Å². The van der Waals surface area contributed by atoms with Crippen LogP contribution >= 0.6 is 11.3 Å². The van der Waals surface area contributed by atoms with E-state index in [1.807, 2.05) is 23.6 Å². The molecule has 1 amide bonds. The van der Waals surface area contributed by atoms with Crippen LogP contribution in [0.2, 0.25) is 0 Å². The SMILES string of the molecule is O=C(CS(=O)(=O)Cc1nnnn1-c1ccccc1)NCc1cccs1. The molecule has 0 saturated heterocycles. The third kappa shape index (κ3) is 4.70. The van der Waals surface area contributed by atoms with Crippen molar-refractivity contribution in [3.05, 3.63) is 58.5 Å². The van der Waals surface area contributed by atoms with Gasteiger partial charge < -0.3 is 5.32 Å². The fraction of sp³-hybridized carbons (Fsp3) is 0.200. The van der Waals surface area contributed by atoms with Gasteiger partial charge in [-0.15, -0.1) is 16.4 Å². The molecule has 8 nitrogen and oxygen atoms in total. The molecule has 0 aliphatic heterocycles. The highest BCUT2D eigenvalue weighted by Gasteiger charge is 2.21. The number of hydrogen-bond acceptors (Lipinski definition) is 7. The summed E-state index contributed by atoms with van der Waals surface area (Å²) < 4.78 is 25.9. The second-order valence-electron chi connectivity index (χ2n) is 5.23. The molecule has 1 aromatic carbocycles. The van der Waals surface area contributed by atoms with Gasteiger partial charge in [-0.3, -0.25) is 4.79 Å². The van der Waals surface area contributed by atoms with Crippen molar-refractivity contribution in [2.24, 2.45) is 0 Å². The Hall–Kier alpha value is -2.59. The third-order valence-electron chi connectivity index (χ3n) is 3.27. The number of nitrogens with zero attached hydrogens (tertiary/aromatic N) is 4. The van der Waals surface area contributed by atoms with E-state index in [1.165, 1.54) is 16.0 Å². The summed E-state index contributed by atoms with van der Waals surface area (Å²) in [5.74, 6) is -1.41. The Morgan fingerprint density at radius 2 is 1.96 bits per heavy atom. The predicted molar refractivity (Wildman–Crippen MR) is 92.8 cm³/mol. The molecular weight excluding hydrogens is 362 g/mol. The van der Waals surface area contributed by atoms with Crippen molar-refractivity contribution in [1.82, 2.24) is 25.5 Å². The first-order chi connectivity index (χ1) is 12.0. The van der Waals surface area contributed by atoms with E-state index in [0.717, 1.165) is 4.88 Å². The molecule has 0 spiro atoms. The van der Waals surface area contributed by atoms with Gasteiger partial charge in [-0.05, 0) is 34.0 Å². The maximum atomic E-state index is 12.3. The number of benzene rings is 1. The zero-order chi connectivity index (χ0) is 17.7. The molecule has 25 heavy (non-hydrogen) atoms. The summed E-state index contributed by atoms with van der Waals surface area (Å²) in [5, 5.41) is 15.6. The van der Waals surface area contributed by atoms with E-state index in [2.05, 4.69) is 20.8 Å². The molecule has 2 aromatic heterocycles. The summed E-state index contributed by atoms with van der Waals surface area (Å²) in [5.41, 5.74) is 0.653. The zero-order valence-electron chi connectivity index (χ0n) is 13.1. The second kappa shape index (κ2) is 7.53. The van der Waals surface area contributed by atoms with E-state index in [-0.39, 0.29) is 5.82 Å². The number of sulfone groups is 1. The first-order valence-electron chi connectivity index (χ1n) is 7.36. The van der Waals surface area contributed by atoms with Crippen LogP contribution in [0.25, 0.3) is 5.69 Å². The molecule has 2 heterocycles. The fourth-order valence-electron chi connectivity index (χ4n) is 2.16. The van der Waals surface area contributed by atoms with Crippen LogP contribution in [0.4, 0.5) is 0 Å². The first-order valence-corrected chi connectivity index (χ1v) is 10.1. The summed E-state index contributed by atoms with van der Waals surface area (Å²) in [6.45, 7) is 0.313. The van der Waals surface area contributed by atoms with Crippen LogP contribution in [0.5, 0.6) is 0 Å². The van der Waals surface area contributed by atoms with Crippen LogP contribution in [-0.4, -0.2) is 40.3 Å². The molecule has 0 atom stereocenters. The number of hydrogen-bond donors (Lipinski definition) is 1. The second-order valence-corrected chi connectivity index (χ2v) is 8.33. The number of carbonyl (C=O) groups is 1. The van der Waals surface area contributed by atoms with Gasteiger partial charge in [-0.25, -0.2) is 8.42 Å². The van der Waals surface area contributed by atoms with E-state index in [9.17, 15) is 13.2 Å². The number of carbonyl (C=O) groups excluding carboxylic acids is 1. The lowest BCUT2D eigenvalue weighted by Gasteiger charge is -2.06. The zero-order valence-corrected chi connectivity index (χ0v) is 14.7. The largest absolute Gasteiger partial charge is 0.350 e. The lowest BCUT2D eigenvalue weighted by atomic mass is 10.3. The maximum Gasteiger partial charge on any atom is 0.235 e. The highest BCUT2D eigenvalue weighted by Crippen LogP contribution is 2.11. The Morgan fingerprint density at radius 1 is 1.16 bits per heavy atom. The van der Waals surface area contributed by atoms with E-state index in [4.69, 9.17) is 0 Å². The molecular formula is C15H15N5O3S2. The molecule has 1 N–H and O–H groups in total. The van der Waals surface area contributed by atoms with Gasteiger partial charge in [0.05, 0.1) is 12.2 Å². The molecule has 0 bridgehead atoms. The number of rotatable bonds is 7. The Kier molecular flexibility index (Phi) is 5.19. The van der Waals surface area contributed by atoms with E-state index in [1.54, 1.807) is 24.3 Å². The van der Waals surface area contributed by atoms with Crippen molar-refractivity contribution in [3.8, 4) is 5.69 Å². The van der Waals surface area contributed by atoms with Gasteiger partial charge in [0.1, 0.15) is 11.5 Å². The monoisotopic (exact) mass is 377 g/mol. The van der Waals surface area contributed by atoms with Crippen LogP contribution < -0.4 is 5.32 Å². The maximum absolute atomic E-state index is 12.3. The van der Waals surface area contributed by atoms with E-state index < -0.39 is 27.3 Å². The molecule has 0 aliphatic carbocycles. The number of nitrogens with one attached hydrogen (secondary N) is 1. The quantitative estimate of drug-likeness (QED) is 0.657. The van der Waals surface area contributed by atoms with Crippen LogP contribution in [0, 0.1) is 0 Å². The van der Waals surface area contributed by atoms with Crippen LogP contribution in [-0.2, 0) is 26.9 Å². The molecule has 0 radical (unpaired) electrons. The average Bonchev–Trinajstić information content (AvgIpc) is 3.24. The van der Waals surface area contributed by atoms with Crippen LogP contribution in [0.1, 0.15) is 10.7 Å². The number of aromatic nitrogens is 4. The minimum atomic E-state index is -3.70. The summed E-state index contributed by atoms with van der Waals surface area (Å²) in [6.07, 6.45) is 0. The Bertz CT molecular complexity index is 937. The molecule has 0 aliphatic rings. The van der Waals surface area contributed by atoms with Crippen LogP contribution in [0.3, 0.4) is 0 Å². The highest BCUT2D eigenvalue weighted by atomic mass is 32.2. The number of para-hydroxylation sites is 1. The smallest absolute Gasteiger partial charge is 0.235 e. The molecule has 0 saturated carbocycles. The molecule has 3 aromatic rings. The lowest BCUT2D eigenvalue weighted by Crippen LogP contribution is -2.30. The van der Waals surface area contributed by atoms with Crippen molar-refractivity contribution in [2.45, 2.75) is 12.3 Å². The van der Waals surface area contributed by atoms with Gasteiger partial charge in [0.25, 0.3) is 0 Å². The Labute approximate surface area is 148 Å². The van der Waals surface area contributed by atoms with Crippen molar-refractivity contribution in [3.63, 3.8) is 0 Å². The molecule has 130 valence electrons. The summed E-state index contributed by atoms with van der Waals surface area (Å²) >= 11 is 1.49. The van der Waals surface area contributed by atoms with Crippen molar-refractivity contribution >= 4 is 27.1 Å². The van der Waals surface area contributed by atoms with E-state index >= 15 is 0 Å². The molecule has 0 fully saturated rings. The Balaban J connectivity index is 1.64. The summed E-state index contributed by atoms with van der Waals surface area (Å²) in [7, 11) is -3.70. The number of tetrazole rings is 1. The standard InChI is InChI=1S/C15H15N5O3S2/c21-15(16-9-13-7-4-8-24-13)11-25(22,23)10-14-17-18-19-20(14)12-5-2-1-3-6-12/h1-8H,9-11H2,(H,16,21). The molecule has 10 heteroatoms. The topological polar surface area (TPSA) is 107 Å². The Morgan fingerprint density at radius 3 is 2.68 bits per heavy atom. The summed E-state index contributed by atoms with van der Waals surface area (Å²) in [4.78, 5) is 12.9. The minimum Gasteiger partial charge on any atom is -0.350 e. The fourth-order valence-corrected chi connectivity index (χ4v) is 3.98.